The van der Waals surface area contributed by atoms with Crippen LogP contribution in [0.2, 0.25) is 5.02 Å². The molecule has 0 saturated carbocycles. The van der Waals surface area contributed by atoms with Crippen LogP contribution in [0.4, 0.5) is 5.69 Å². The van der Waals surface area contributed by atoms with E-state index in [4.69, 9.17) is 11.6 Å². The fourth-order valence-corrected chi connectivity index (χ4v) is 5.68. The summed E-state index contributed by atoms with van der Waals surface area (Å²) in [7, 11) is -2.66. The van der Waals surface area contributed by atoms with Gasteiger partial charge in [0.2, 0.25) is 11.8 Å². The molecular formula is C27H29BrClN3O4S. The molecule has 0 aliphatic carbocycles. The smallest absolute Gasteiger partial charge is 0.264 e. The highest BCUT2D eigenvalue weighted by Gasteiger charge is 2.33. The molecule has 1 N–H and O–H groups in total. The number of carbonyl (C=O) groups is 2. The summed E-state index contributed by atoms with van der Waals surface area (Å²) in [5.41, 5.74) is 2.61. The minimum Gasteiger partial charge on any atom is -0.357 e. The second kappa shape index (κ2) is 12.1. The molecule has 0 radical (unpaired) electrons. The Balaban J connectivity index is 2.07. The van der Waals surface area contributed by atoms with Crippen LogP contribution in [-0.4, -0.2) is 44.8 Å². The predicted molar refractivity (Wildman–Crippen MR) is 150 cm³/mol. The quantitative estimate of drug-likeness (QED) is 0.368. The van der Waals surface area contributed by atoms with E-state index in [1.54, 1.807) is 38.1 Å². The normalized spacial score (nSPS) is 12.1. The molecule has 3 rings (SSSR count). The minimum absolute atomic E-state index is 0.0454. The Labute approximate surface area is 231 Å². The first-order valence-electron chi connectivity index (χ1n) is 11.5. The van der Waals surface area contributed by atoms with E-state index in [0.29, 0.717) is 10.6 Å². The van der Waals surface area contributed by atoms with Crippen LogP contribution in [0.3, 0.4) is 0 Å². The molecule has 0 bridgehead atoms. The van der Waals surface area contributed by atoms with Crippen molar-refractivity contribution in [2.75, 3.05) is 17.9 Å². The van der Waals surface area contributed by atoms with Crippen molar-refractivity contribution >= 4 is 55.1 Å². The zero-order valence-electron chi connectivity index (χ0n) is 21.0. The molecule has 1 atom stereocenters. The van der Waals surface area contributed by atoms with Gasteiger partial charge in [0.1, 0.15) is 12.6 Å². The maximum atomic E-state index is 13.8. The number of amides is 2. The van der Waals surface area contributed by atoms with Gasteiger partial charge in [0.05, 0.1) is 10.6 Å². The van der Waals surface area contributed by atoms with E-state index in [1.165, 1.54) is 30.1 Å². The van der Waals surface area contributed by atoms with E-state index in [-0.39, 0.29) is 23.0 Å². The Kier molecular flexibility index (Phi) is 9.39. The molecule has 0 aliphatic heterocycles. The maximum Gasteiger partial charge on any atom is 0.264 e. The van der Waals surface area contributed by atoms with Crippen molar-refractivity contribution in [2.24, 2.45) is 0 Å². The van der Waals surface area contributed by atoms with Crippen molar-refractivity contribution in [1.29, 1.82) is 0 Å². The van der Waals surface area contributed by atoms with E-state index < -0.39 is 28.5 Å². The first-order chi connectivity index (χ1) is 17.4. The number of hydrogen-bond donors (Lipinski definition) is 1. The van der Waals surface area contributed by atoms with E-state index >= 15 is 0 Å². The Morgan fingerprint density at radius 2 is 1.62 bits per heavy atom. The number of halogens is 2. The lowest BCUT2D eigenvalue weighted by atomic mass is 10.1. The van der Waals surface area contributed by atoms with Crippen molar-refractivity contribution in [3.8, 4) is 0 Å². The molecule has 3 aromatic carbocycles. The summed E-state index contributed by atoms with van der Waals surface area (Å²) in [5, 5.41) is 2.90. The Bertz CT molecular complexity index is 1380. The number of aryl methyl sites for hydroxylation is 2. The van der Waals surface area contributed by atoms with Crippen LogP contribution < -0.4 is 9.62 Å². The summed E-state index contributed by atoms with van der Waals surface area (Å²) in [6.07, 6.45) is 0. The van der Waals surface area contributed by atoms with Gasteiger partial charge in [0.25, 0.3) is 10.0 Å². The number of anilines is 1. The highest BCUT2D eigenvalue weighted by atomic mass is 79.9. The molecular weight excluding hydrogens is 578 g/mol. The van der Waals surface area contributed by atoms with Gasteiger partial charge in [-0.25, -0.2) is 8.42 Å². The summed E-state index contributed by atoms with van der Waals surface area (Å²) in [5.74, 6) is -0.897. The molecule has 10 heteroatoms. The second-order valence-electron chi connectivity index (χ2n) is 8.69. The zero-order valence-corrected chi connectivity index (χ0v) is 24.2. The maximum absolute atomic E-state index is 13.8. The molecule has 0 fully saturated rings. The minimum atomic E-state index is -4.15. The van der Waals surface area contributed by atoms with Crippen molar-refractivity contribution in [1.82, 2.24) is 10.2 Å². The fourth-order valence-electron chi connectivity index (χ4n) is 3.78. The van der Waals surface area contributed by atoms with Crippen LogP contribution >= 0.6 is 27.5 Å². The van der Waals surface area contributed by atoms with Gasteiger partial charge >= 0.3 is 0 Å². The van der Waals surface area contributed by atoms with E-state index in [0.717, 1.165) is 19.9 Å². The SMILES string of the molecule is CNC(=O)[C@H](C)N(Cc1ccc(Br)cc1)C(=O)CN(c1cc(Cl)ccc1C)S(=O)(=O)c1ccc(C)cc1. The number of benzene rings is 3. The highest BCUT2D eigenvalue weighted by Crippen LogP contribution is 2.30. The van der Waals surface area contributed by atoms with E-state index in [2.05, 4.69) is 21.2 Å². The third-order valence-electron chi connectivity index (χ3n) is 6.01. The number of carbonyl (C=O) groups excluding carboxylic acids is 2. The number of sulfonamides is 1. The number of rotatable bonds is 9. The predicted octanol–water partition coefficient (Wildman–Crippen LogP) is 5.08. The number of nitrogens with zero attached hydrogens (tertiary/aromatic N) is 2. The van der Waals surface area contributed by atoms with Gasteiger partial charge in [-0.3, -0.25) is 13.9 Å². The molecule has 0 aromatic heterocycles. The third kappa shape index (κ3) is 6.91. The van der Waals surface area contributed by atoms with Crippen molar-refractivity contribution < 1.29 is 18.0 Å². The summed E-state index contributed by atoms with van der Waals surface area (Å²) in [4.78, 5) is 27.8. The van der Waals surface area contributed by atoms with Gasteiger partial charge in [-0.15, -0.1) is 0 Å². The number of likely N-dealkylation sites (N-methyl/N-ethyl adjacent to an activating group) is 1. The Morgan fingerprint density at radius 1 is 1.00 bits per heavy atom. The molecule has 0 spiro atoms. The van der Waals surface area contributed by atoms with Crippen LogP contribution in [0.15, 0.2) is 76.1 Å². The average molecular weight is 607 g/mol. The van der Waals surface area contributed by atoms with Crippen LogP contribution in [0.5, 0.6) is 0 Å². The Morgan fingerprint density at radius 3 is 2.22 bits per heavy atom. The molecule has 0 heterocycles. The highest BCUT2D eigenvalue weighted by molar-refractivity contribution is 9.10. The van der Waals surface area contributed by atoms with Crippen molar-refractivity contribution in [3.63, 3.8) is 0 Å². The van der Waals surface area contributed by atoms with Gasteiger partial charge in [-0.1, -0.05) is 63.4 Å². The molecule has 0 saturated heterocycles. The largest absolute Gasteiger partial charge is 0.357 e. The first-order valence-corrected chi connectivity index (χ1v) is 14.2. The fraction of sp³-hybridized carbons (Fsp3) is 0.259. The topological polar surface area (TPSA) is 86.8 Å². The van der Waals surface area contributed by atoms with Crippen LogP contribution in [-0.2, 0) is 26.2 Å². The third-order valence-corrected chi connectivity index (χ3v) is 8.55. The molecule has 196 valence electrons. The molecule has 37 heavy (non-hydrogen) atoms. The summed E-state index contributed by atoms with van der Waals surface area (Å²) in [6, 6.07) is 17.8. The van der Waals surface area contributed by atoms with Gasteiger partial charge < -0.3 is 10.2 Å². The molecule has 0 unspecified atom stereocenters. The number of nitrogens with one attached hydrogen (secondary N) is 1. The van der Waals surface area contributed by atoms with Gasteiger partial charge in [-0.2, -0.15) is 0 Å². The van der Waals surface area contributed by atoms with Gasteiger partial charge in [0, 0.05) is 23.1 Å². The van der Waals surface area contributed by atoms with Gasteiger partial charge in [0.15, 0.2) is 0 Å². The monoisotopic (exact) mass is 605 g/mol. The standard InChI is InChI=1S/C27H29BrClN3O4S/c1-18-5-13-24(14-6-18)37(35,36)32(25-15-23(29)12-7-19(25)2)17-26(33)31(20(3)27(34)30-4)16-21-8-10-22(28)11-9-21/h5-15,20H,16-17H2,1-4H3,(H,30,34)/t20-/m0/s1. The number of hydrogen-bond acceptors (Lipinski definition) is 4. The van der Waals surface area contributed by atoms with E-state index in [1.807, 2.05) is 31.2 Å². The summed E-state index contributed by atoms with van der Waals surface area (Å²) < 4.78 is 29.6. The second-order valence-corrected chi connectivity index (χ2v) is 11.9. The zero-order chi connectivity index (χ0) is 27.3. The molecule has 0 aliphatic rings. The lowest BCUT2D eigenvalue weighted by Gasteiger charge is -2.32. The molecule has 2 amide bonds. The summed E-state index contributed by atoms with van der Waals surface area (Å²) >= 11 is 9.63. The van der Waals surface area contributed by atoms with Crippen molar-refractivity contribution in [2.45, 2.75) is 38.3 Å². The van der Waals surface area contributed by atoms with Crippen LogP contribution in [0.25, 0.3) is 0 Å². The summed E-state index contributed by atoms with van der Waals surface area (Å²) in [6.45, 7) is 4.82. The van der Waals surface area contributed by atoms with Crippen LogP contribution in [0, 0.1) is 13.8 Å². The van der Waals surface area contributed by atoms with Gasteiger partial charge in [-0.05, 0) is 68.3 Å². The molecule has 7 nitrogen and oxygen atoms in total. The molecule has 3 aromatic rings. The lowest BCUT2D eigenvalue weighted by molar-refractivity contribution is -0.139. The Hall–Kier alpha value is -2.88. The lowest BCUT2D eigenvalue weighted by Crippen LogP contribution is -2.50. The average Bonchev–Trinajstić information content (AvgIpc) is 2.87. The first kappa shape index (κ1) is 28.7. The van der Waals surface area contributed by atoms with E-state index in [9.17, 15) is 18.0 Å². The van der Waals surface area contributed by atoms with Crippen LogP contribution in [0.1, 0.15) is 23.6 Å². The van der Waals surface area contributed by atoms with Crippen molar-refractivity contribution in [3.05, 3.63) is 92.9 Å².